The molecule has 0 amide bonds. The van der Waals surface area contributed by atoms with E-state index in [1.54, 1.807) is 6.92 Å². The van der Waals surface area contributed by atoms with Gasteiger partial charge in [0.05, 0.1) is 6.10 Å². The van der Waals surface area contributed by atoms with Crippen molar-refractivity contribution in [2.45, 2.75) is 31.5 Å². The Morgan fingerprint density at radius 2 is 2.19 bits per heavy atom. The molecule has 88 valence electrons. The monoisotopic (exact) mass is 227 g/mol. The Morgan fingerprint density at radius 1 is 1.50 bits per heavy atom. The van der Waals surface area contributed by atoms with E-state index < -0.39 is 30.2 Å². The van der Waals surface area contributed by atoms with Gasteiger partial charge in [0.1, 0.15) is 18.0 Å². The van der Waals surface area contributed by atoms with Crippen LogP contribution in [0.3, 0.4) is 0 Å². The van der Waals surface area contributed by atoms with Gasteiger partial charge in [-0.15, -0.1) is 0 Å². The van der Waals surface area contributed by atoms with Gasteiger partial charge in [-0.2, -0.15) is 4.98 Å². The maximum atomic E-state index is 11.5. The second kappa shape index (κ2) is 3.85. The Morgan fingerprint density at radius 3 is 2.69 bits per heavy atom. The van der Waals surface area contributed by atoms with Crippen LogP contribution < -0.4 is 11.4 Å². The van der Waals surface area contributed by atoms with Crippen molar-refractivity contribution in [1.29, 1.82) is 0 Å². The van der Waals surface area contributed by atoms with E-state index in [-0.39, 0.29) is 5.82 Å². The maximum absolute atomic E-state index is 11.5. The van der Waals surface area contributed by atoms with Crippen LogP contribution in [0.2, 0.25) is 0 Å². The lowest BCUT2D eigenvalue weighted by Crippen LogP contribution is -2.35. The quantitative estimate of drug-likeness (QED) is 0.536. The second-order valence-corrected chi connectivity index (χ2v) is 3.76. The molecule has 7 heteroatoms. The first-order chi connectivity index (χ1) is 7.50. The van der Waals surface area contributed by atoms with Gasteiger partial charge < -0.3 is 20.7 Å². The normalized spacial score (nSPS) is 34.2. The van der Waals surface area contributed by atoms with E-state index in [2.05, 4.69) is 4.98 Å². The first kappa shape index (κ1) is 11.1. The first-order valence-corrected chi connectivity index (χ1v) is 4.87. The highest BCUT2D eigenvalue weighted by Gasteiger charge is 2.41. The van der Waals surface area contributed by atoms with Crippen molar-refractivity contribution in [2.24, 2.45) is 0 Å². The number of anilines is 1. The summed E-state index contributed by atoms with van der Waals surface area (Å²) in [6, 6.07) is 1.42. The van der Waals surface area contributed by atoms with Crippen molar-refractivity contribution in [3.63, 3.8) is 0 Å². The minimum Gasteiger partial charge on any atom is -0.388 e. The lowest BCUT2D eigenvalue weighted by atomic mass is 10.1. The maximum Gasteiger partial charge on any atom is 0.351 e. The lowest BCUT2D eigenvalue weighted by molar-refractivity contribution is -0.0349. The summed E-state index contributed by atoms with van der Waals surface area (Å²) in [7, 11) is 0. The SMILES string of the molecule is C[C@H]1O[C@@H](n2ccc(N)nc2=O)C(O)C1O. The molecule has 2 heterocycles. The summed E-state index contributed by atoms with van der Waals surface area (Å²) in [6.07, 6.45) is -2.26. The van der Waals surface area contributed by atoms with Crippen molar-refractivity contribution < 1.29 is 14.9 Å². The average molecular weight is 227 g/mol. The van der Waals surface area contributed by atoms with Gasteiger partial charge in [-0.25, -0.2) is 4.79 Å². The Balaban J connectivity index is 2.35. The molecule has 2 unspecified atom stereocenters. The van der Waals surface area contributed by atoms with E-state index in [9.17, 15) is 15.0 Å². The number of aliphatic hydroxyl groups excluding tert-OH is 2. The van der Waals surface area contributed by atoms with E-state index in [4.69, 9.17) is 10.5 Å². The highest BCUT2D eigenvalue weighted by Crippen LogP contribution is 2.27. The van der Waals surface area contributed by atoms with Crippen LogP contribution in [-0.4, -0.2) is 38.1 Å². The molecule has 2 rings (SSSR count). The molecule has 16 heavy (non-hydrogen) atoms. The van der Waals surface area contributed by atoms with Gasteiger partial charge in [-0.1, -0.05) is 0 Å². The molecule has 1 fully saturated rings. The Hall–Kier alpha value is -1.44. The number of nitrogen functional groups attached to an aromatic ring is 1. The van der Waals surface area contributed by atoms with Crippen molar-refractivity contribution in [3.05, 3.63) is 22.7 Å². The zero-order chi connectivity index (χ0) is 11.9. The topological polar surface area (TPSA) is 111 Å². The summed E-state index contributed by atoms with van der Waals surface area (Å²) in [6.45, 7) is 1.61. The fourth-order valence-corrected chi connectivity index (χ4v) is 1.68. The number of aliphatic hydroxyl groups is 2. The summed E-state index contributed by atoms with van der Waals surface area (Å²) in [5, 5.41) is 19.2. The molecule has 7 nitrogen and oxygen atoms in total. The van der Waals surface area contributed by atoms with E-state index in [1.165, 1.54) is 12.3 Å². The second-order valence-electron chi connectivity index (χ2n) is 3.76. The molecule has 0 radical (unpaired) electrons. The standard InChI is InChI=1S/C9H13N3O4/c1-4-6(13)7(14)8(16-4)12-3-2-5(10)11-9(12)15/h2-4,6-8,13-14H,1H3,(H2,10,11,15)/t4-,6?,7?,8-/m1/s1. The number of nitrogens with two attached hydrogens (primary N) is 1. The number of hydrogen-bond acceptors (Lipinski definition) is 6. The molecule has 1 aliphatic heterocycles. The smallest absolute Gasteiger partial charge is 0.351 e. The molecular formula is C9H13N3O4. The van der Waals surface area contributed by atoms with Crippen LogP contribution in [0.15, 0.2) is 17.1 Å². The zero-order valence-electron chi connectivity index (χ0n) is 8.65. The van der Waals surface area contributed by atoms with E-state index in [1.807, 2.05) is 0 Å². The average Bonchev–Trinajstić information content (AvgIpc) is 2.46. The van der Waals surface area contributed by atoms with Crippen LogP contribution >= 0.6 is 0 Å². The van der Waals surface area contributed by atoms with Gasteiger partial charge in [0, 0.05) is 6.20 Å². The van der Waals surface area contributed by atoms with Crippen molar-refractivity contribution in [3.8, 4) is 0 Å². The van der Waals surface area contributed by atoms with E-state index in [0.29, 0.717) is 0 Å². The van der Waals surface area contributed by atoms with E-state index in [0.717, 1.165) is 4.57 Å². The molecule has 0 bridgehead atoms. The first-order valence-electron chi connectivity index (χ1n) is 4.87. The van der Waals surface area contributed by atoms with Gasteiger partial charge in [0.25, 0.3) is 0 Å². The van der Waals surface area contributed by atoms with Crippen molar-refractivity contribution in [1.82, 2.24) is 9.55 Å². The fourth-order valence-electron chi connectivity index (χ4n) is 1.68. The van der Waals surface area contributed by atoms with E-state index >= 15 is 0 Å². The molecule has 1 aromatic rings. The summed E-state index contributed by atoms with van der Waals surface area (Å²) < 4.78 is 6.38. The summed E-state index contributed by atoms with van der Waals surface area (Å²) in [5.41, 5.74) is 4.72. The fraction of sp³-hybridized carbons (Fsp3) is 0.556. The predicted octanol–water partition coefficient (Wildman–Crippen LogP) is -1.54. The molecule has 1 aromatic heterocycles. The van der Waals surface area contributed by atoms with Crippen LogP contribution in [0.5, 0.6) is 0 Å². The van der Waals surface area contributed by atoms with Gasteiger partial charge in [0.2, 0.25) is 0 Å². The molecule has 1 saturated heterocycles. The largest absolute Gasteiger partial charge is 0.388 e. The van der Waals surface area contributed by atoms with Crippen LogP contribution in [0.1, 0.15) is 13.2 Å². The summed E-state index contributed by atoms with van der Waals surface area (Å²) in [4.78, 5) is 15.0. The number of aromatic nitrogens is 2. The van der Waals surface area contributed by atoms with Gasteiger partial charge in [-0.3, -0.25) is 4.57 Å². The zero-order valence-corrected chi connectivity index (χ0v) is 8.65. The number of rotatable bonds is 1. The molecule has 0 spiro atoms. The third-order valence-electron chi connectivity index (χ3n) is 2.60. The van der Waals surface area contributed by atoms with Crippen LogP contribution in [-0.2, 0) is 4.74 Å². The predicted molar refractivity (Wildman–Crippen MR) is 54.5 cm³/mol. The number of nitrogens with zero attached hydrogens (tertiary/aromatic N) is 2. The molecule has 0 saturated carbocycles. The third kappa shape index (κ3) is 1.69. The van der Waals surface area contributed by atoms with Crippen molar-refractivity contribution in [2.75, 3.05) is 5.73 Å². The number of hydrogen-bond donors (Lipinski definition) is 3. The molecule has 0 aliphatic carbocycles. The highest BCUT2D eigenvalue weighted by molar-refractivity contribution is 5.23. The minimum absolute atomic E-state index is 0.0994. The molecular weight excluding hydrogens is 214 g/mol. The molecule has 4 N–H and O–H groups in total. The summed E-state index contributed by atoms with van der Waals surface area (Å²) >= 11 is 0. The highest BCUT2D eigenvalue weighted by atomic mass is 16.6. The lowest BCUT2D eigenvalue weighted by Gasteiger charge is -2.16. The van der Waals surface area contributed by atoms with Crippen molar-refractivity contribution >= 4 is 5.82 Å². The Labute approximate surface area is 91.1 Å². The van der Waals surface area contributed by atoms with Crippen LogP contribution in [0.25, 0.3) is 0 Å². The van der Waals surface area contributed by atoms with Gasteiger partial charge >= 0.3 is 5.69 Å². The molecule has 1 aliphatic rings. The van der Waals surface area contributed by atoms with Gasteiger partial charge in [-0.05, 0) is 13.0 Å². The van der Waals surface area contributed by atoms with Gasteiger partial charge in [0.15, 0.2) is 6.23 Å². The third-order valence-corrected chi connectivity index (χ3v) is 2.60. The Bertz CT molecular complexity index is 447. The molecule has 4 atom stereocenters. The van der Waals surface area contributed by atoms with Crippen LogP contribution in [0, 0.1) is 0 Å². The Kier molecular flexibility index (Phi) is 2.66. The molecule has 0 aromatic carbocycles. The number of ether oxygens (including phenoxy) is 1. The summed E-state index contributed by atoms with van der Waals surface area (Å²) in [5.74, 6) is 0.0994. The van der Waals surface area contributed by atoms with Crippen LogP contribution in [0.4, 0.5) is 5.82 Å². The minimum atomic E-state index is -1.15.